The lowest BCUT2D eigenvalue weighted by Gasteiger charge is -2.36. The number of carbonyl (C=O) groups is 2. The Kier molecular flexibility index (Phi) is 8.29. The van der Waals surface area contributed by atoms with Crippen LogP contribution in [0.5, 0.6) is 5.75 Å². The van der Waals surface area contributed by atoms with Gasteiger partial charge in [0.1, 0.15) is 18.1 Å². The summed E-state index contributed by atoms with van der Waals surface area (Å²) < 4.78 is 19.1. The molecule has 9 heteroatoms. The molecule has 1 aliphatic rings. The minimum atomic E-state index is -0.493. The van der Waals surface area contributed by atoms with Crippen LogP contribution >= 0.6 is 0 Å². The number of aromatic nitrogens is 2. The van der Waals surface area contributed by atoms with Gasteiger partial charge in [-0.25, -0.2) is 4.39 Å². The summed E-state index contributed by atoms with van der Waals surface area (Å²) in [6.07, 6.45) is 0. The number of halogens is 1. The molecule has 1 saturated heterocycles. The summed E-state index contributed by atoms with van der Waals surface area (Å²) >= 11 is 0. The highest BCUT2D eigenvalue weighted by Gasteiger charge is 2.26. The average molecular weight is 540 g/mol. The van der Waals surface area contributed by atoms with Gasteiger partial charge >= 0.3 is 0 Å². The standard InChI is InChI=1S/C31H30FN5O3/c1-40-27-12-6-9-24(20-27)28-13-14-29(34-33-28)35-15-17-36(18-16-35)30(38)22-37(21-23-7-3-2-4-8-23)31(39)25-10-5-11-26(32)19-25/h2-14,19-20H,15-18,21-22H2,1H3. The van der Waals surface area contributed by atoms with Gasteiger partial charge in [0.15, 0.2) is 5.82 Å². The molecule has 204 valence electrons. The molecular formula is C31H30FN5O3. The third-order valence-electron chi connectivity index (χ3n) is 6.87. The van der Waals surface area contributed by atoms with E-state index in [0.29, 0.717) is 26.2 Å². The largest absolute Gasteiger partial charge is 0.497 e. The second kappa shape index (κ2) is 12.4. The molecule has 1 aromatic heterocycles. The fraction of sp³-hybridized carbons (Fsp3) is 0.226. The van der Waals surface area contributed by atoms with Gasteiger partial charge in [-0.05, 0) is 48.0 Å². The maximum Gasteiger partial charge on any atom is 0.254 e. The molecule has 0 bridgehead atoms. The molecule has 0 atom stereocenters. The van der Waals surface area contributed by atoms with Gasteiger partial charge in [-0.2, -0.15) is 0 Å². The van der Waals surface area contributed by atoms with Crippen molar-refractivity contribution in [3.05, 3.63) is 108 Å². The van der Waals surface area contributed by atoms with Crippen molar-refractivity contribution in [2.45, 2.75) is 6.54 Å². The fourth-order valence-electron chi connectivity index (χ4n) is 4.69. The molecule has 0 unspecified atom stereocenters. The van der Waals surface area contributed by atoms with E-state index in [0.717, 1.165) is 28.4 Å². The number of hydrogen-bond acceptors (Lipinski definition) is 6. The number of amides is 2. The summed E-state index contributed by atoms with van der Waals surface area (Å²) in [5.74, 6) is 0.462. The van der Waals surface area contributed by atoms with Gasteiger partial charge in [-0.15, -0.1) is 10.2 Å². The van der Waals surface area contributed by atoms with Crippen molar-refractivity contribution >= 4 is 17.6 Å². The molecule has 0 radical (unpaired) electrons. The molecule has 0 spiro atoms. The maximum absolute atomic E-state index is 13.8. The molecule has 5 rings (SSSR count). The van der Waals surface area contributed by atoms with E-state index >= 15 is 0 Å². The highest BCUT2D eigenvalue weighted by atomic mass is 19.1. The Labute approximate surface area is 232 Å². The number of methoxy groups -OCH3 is 1. The van der Waals surface area contributed by atoms with Crippen molar-refractivity contribution in [2.75, 3.05) is 44.7 Å². The number of ether oxygens (including phenoxy) is 1. The zero-order chi connectivity index (χ0) is 27.9. The van der Waals surface area contributed by atoms with E-state index in [-0.39, 0.29) is 30.5 Å². The van der Waals surface area contributed by atoms with Crippen molar-refractivity contribution in [1.29, 1.82) is 0 Å². The van der Waals surface area contributed by atoms with E-state index < -0.39 is 5.82 Å². The normalized spacial score (nSPS) is 13.2. The Morgan fingerprint density at radius 2 is 1.65 bits per heavy atom. The van der Waals surface area contributed by atoms with Crippen LogP contribution in [0.1, 0.15) is 15.9 Å². The van der Waals surface area contributed by atoms with Crippen LogP contribution in [0.15, 0.2) is 91.0 Å². The molecule has 2 heterocycles. The summed E-state index contributed by atoms with van der Waals surface area (Å²) in [6.45, 7) is 2.32. The lowest BCUT2D eigenvalue weighted by molar-refractivity contribution is -0.132. The van der Waals surface area contributed by atoms with Crippen LogP contribution in [0.3, 0.4) is 0 Å². The molecule has 1 fully saturated rings. The highest BCUT2D eigenvalue weighted by molar-refractivity contribution is 5.96. The van der Waals surface area contributed by atoms with Crippen LogP contribution in [0.2, 0.25) is 0 Å². The molecule has 8 nitrogen and oxygen atoms in total. The van der Waals surface area contributed by atoms with Gasteiger partial charge in [-0.1, -0.05) is 48.5 Å². The van der Waals surface area contributed by atoms with Gasteiger partial charge < -0.3 is 19.4 Å². The number of benzene rings is 3. The molecule has 2 amide bonds. The summed E-state index contributed by atoms with van der Waals surface area (Å²) in [4.78, 5) is 31.9. The van der Waals surface area contributed by atoms with E-state index in [1.807, 2.05) is 66.7 Å². The molecule has 0 aliphatic carbocycles. The van der Waals surface area contributed by atoms with E-state index in [4.69, 9.17) is 4.74 Å². The summed E-state index contributed by atoms with van der Waals surface area (Å²) in [5.41, 5.74) is 2.77. The van der Waals surface area contributed by atoms with Crippen molar-refractivity contribution in [1.82, 2.24) is 20.0 Å². The molecular weight excluding hydrogens is 509 g/mol. The zero-order valence-electron chi connectivity index (χ0n) is 22.2. The molecule has 3 aromatic carbocycles. The predicted molar refractivity (Wildman–Crippen MR) is 150 cm³/mol. The summed E-state index contributed by atoms with van der Waals surface area (Å²) in [5, 5.41) is 8.80. The topological polar surface area (TPSA) is 78.9 Å². The third kappa shape index (κ3) is 6.43. The van der Waals surface area contributed by atoms with E-state index in [1.54, 1.807) is 18.1 Å². The summed E-state index contributed by atoms with van der Waals surface area (Å²) in [6, 6.07) is 26.5. The van der Waals surface area contributed by atoms with Gasteiger partial charge in [0, 0.05) is 43.9 Å². The fourth-order valence-corrected chi connectivity index (χ4v) is 4.69. The Hall–Kier alpha value is -4.79. The summed E-state index contributed by atoms with van der Waals surface area (Å²) in [7, 11) is 1.63. The van der Waals surface area contributed by atoms with Crippen molar-refractivity contribution in [3.63, 3.8) is 0 Å². The van der Waals surface area contributed by atoms with Crippen molar-refractivity contribution < 1.29 is 18.7 Å². The quantitative estimate of drug-likeness (QED) is 0.333. The minimum absolute atomic E-state index is 0.0979. The number of carbonyl (C=O) groups excluding carboxylic acids is 2. The minimum Gasteiger partial charge on any atom is -0.497 e. The molecule has 40 heavy (non-hydrogen) atoms. The van der Waals surface area contributed by atoms with Gasteiger partial charge in [0.05, 0.1) is 12.8 Å². The number of hydrogen-bond donors (Lipinski definition) is 0. The predicted octanol–water partition coefficient (Wildman–Crippen LogP) is 4.28. The first-order valence-corrected chi connectivity index (χ1v) is 13.1. The number of piperazine rings is 1. The van der Waals surface area contributed by atoms with E-state index in [2.05, 4.69) is 15.1 Å². The lowest BCUT2D eigenvalue weighted by atomic mass is 10.1. The van der Waals surface area contributed by atoms with Crippen LogP contribution in [0, 0.1) is 5.82 Å². The van der Waals surface area contributed by atoms with Crippen LogP contribution in [-0.2, 0) is 11.3 Å². The second-order valence-corrected chi connectivity index (χ2v) is 9.53. The molecule has 1 aliphatic heterocycles. The Bertz CT molecular complexity index is 1460. The zero-order valence-corrected chi connectivity index (χ0v) is 22.2. The van der Waals surface area contributed by atoms with Gasteiger partial charge in [0.25, 0.3) is 5.91 Å². The maximum atomic E-state index is 13.8. The molecule has 0 saturated carbocycles. The first-order valence-electron chi connectivity index (χ1n) is 13.1. The number of anilines is 1. The van der Waals surface area contributed by atoms with Crippen LogP contribution in [-0.4, -0.2) is 71.6 Å². The second-order valence-electron chi connectivity index (χ2n) is 9.53. The Morgan fingerprint density at radius 3 is 2.35 bits per heavy atom. The smallest absolute Gasteiger partial charge is 0.254 e. The Balaban J connectivity index is 1.22. The third-order valence-corrected chi connectivity index (χ3v) is 6.87. The lowest BCUT2D eigenvalue weighted by Crippen LogP contribution is -2.52. The number of rotatable bonds is 8. The first kappa shape index (κ1) is 26.8. The van der Waals surface area contributed by atoms with Gasteiger partial charge in [-0.3, -0.25) is 9.59 Å². The number of nitrogens with zero attached hydrogens (tertiary/aromatic N) is 5. The van der Waals surface area contributed by atoms with Crippen LogP contribution < -0.4 is 9.64 Å². The Morgan fingerprint density at radius 1 is 0.875 bits per heavy atom. The van der Waals surface area contributed by atoms with Crippen LogP contribution in [0.4, 0.5) is 10.2 Å². The van der Waals surface area contributed by atoms with Crippen molar-refractivity contribution in [2.24, 2.45) is 0 Å². The van der Waals surface area contributed by atoms with Crippen molar-refractivity contribution in [3.8, 4) is 17.0 Å². The molecule has 4 aromatic rings. The van der Waals surface area contributed by atoms with E-state index in [1.165, 1.54) is 23.1 Å². The SMILES string of the molecule is COc1cccc(-c2ccc(N3CCN(C(=O)CN(Cc4ccccc4)C(=O)c4cccc(F)c4)CC3)nn2)c1. The average Bonchev–Trinajstić information content (AvgIpc) is 3.01. The van der Waals surface area contributed by atoms with Gasteiger partial charge in [0.2, 0.25) is 5.91 Å². The van der Waals surface area contributed by atoms with E-state index in [9.17, 15) is 14.0 Å². The molecule has 0 N–H and O–H groups in total. The monoisotopic (exact) mass is 539 g/mol. The highest BCUT2D eigenvalue weighted by Crippen LogP contribution is 2.23. The van der Waals surface area contributed by atoms with Crippen LogP contribution in [0.25, 0.3) is 11.3 Å². The first-order chi connectivity index (χ1) is 19.5.